The van der Waals surface area contributed by atoms with E-state index in [1.165, 1.54) is 0 Å². The summed E-state index contributed by atoms with van der Waals surface area (Å²) in [5, 5.41) is 0. The Labute approximate surface area is 101 Å². The van der Waals surface area contributed by atoms with E-state index in [4.69, 9.17) is 4.74 Å². The highest BCUT2D eigenvalue weighted by Gasteiger charge is 2.52. The van der Waals surface area contributed by atoms with E-state index in [0.29, 0.717) is 13.1 Å². The molecule has 1 aromatic rings. The average Bonchev–Trinajstić information content (AvgIpc) is 2.97. The topological polar surface area (TPSA) is 49.9 Å². The number of rotatable bonds is 3. The van der Waals surface area contributed by atoms with Crippen LogP contribution in [0.25, 0.3) is 0 Å². The third-order valence-electron chi connectivity index (χ3n) is 3.30. The lowest BCUT2D eigenvalue weighted by atomic mass is 10.2. The molecule has 3 rings (SSSR count). The maximum atomic E-state index is 12.2. The largest absolute Gasteiger partial charge is 0.346 e. The lowest BCUT2D eigenvalue weighted by molar-refractivity contribution is 0.386. The Bertz CT molecular complexity index is 494. The van der Waals surface area contributed by atoms with Crippen LogP contribution in [0.3, 0.4) is 0 Å². The van der Waals surface area contributed by atoms with Crippen LogP contribution in [0.1, 0.15) is 24.5 Å². The first-order valence-electron chi connectivity index (χ1n) is 5.89. The maximum absolute atomic E-state index is 12.2. The van der Waals surface area contributed by atoms with Gasteiger partial charge in [0.05, 0.1) is 0 Å². The normalized spacial score (nSPS) is 29.4. The van der Waals surface area contributed by atoms with E-state index in [2.05, 4.69) is 0 Å². The summed E-state index contributed by atoms with van der Waals surface area (Å²) in [6.45, 7) is 1.29. The highest BCUT2D eigenvalue weighted by Crippen LogP contribution is 2.43. The number of benzene rings is 1. The van der Waals surface area contributed by atoms with Gasteiger partial charge in [-0.2, -0.15) is 4.31 Å². The molecule has 0 radical (unpaired) electrons. The number of ether oxygens (including phenoxy) is 1. The van der Waals surface area contributed by atoms with Crippen molar-refractivity contribution < 1.29 is 13.2 Å². The van der Waals surface area contributed by atoms with Gasteiger partial charge in [-0.3, -0.25) is 0 Å². The molecular weight excluding hydrogens is 238 g/mol. The summed E-state index contributed by atoms with van der Waals surface area (Å²) in [6.07, 6.45) is 1.64. The van der Waals surface area contributed by atoms with Crippen molar-refractivity contribution in [1.82, 2.24) is 4.31 Å². The van der Waals surface area contributed by atoms with Gasteiger partial charge in [-0.15, -0.1) is 0 Å². The predicted octanol–water partition coefficient (Wildman–Crippen LogP) is 1.51. The summed E-state index contributed by atoms with van der Waals surface area (Å²) in [4.78, 5) is 0. The minimum absolute atomic E-state index is 0.276. The van der Waals surface area contributed by atoms with E-state index in [-0.39, 0.29) is 6.10 Å². The van der Waals surface area contributed by atoms with E-state index in [0.717, 1.165) is 18.4 Å². The molecule has 0 spiro atoms. The molecule has 2 atom stereocenters. The van der Waals surface area contributed by atoms with Crippen LogP contribution in [0.5, 0.6) is 0 Å². The molecule has 2 aliphatic rings. The van der Waals surface area contributed by atoms with E-state index < -0.39 is 15.5 Å². The standard InChI is InChI=1S/C12H15NO3S/c14-17(15,13-8-4-5-9-13)12-11(16-12)10-6-2-1-3-7-10/h1-3,6-7,11-12H,4-5,8-9H2/t11-,12-/m0/s1. The smallest absolute Gasteiger partial charge is 0.244 e. The summed E-state index contributed by atoms with van der Waals surface area (Å²) < 4.78 is 31.3. The van der Waals surface area contributed by atoms with Crippen LogP contribution < -0.4 is 0 Å². The first-order valence-corrected chi connectivity index (χ1v) is 7.39. The molecule has 2 heterocycles. The fourth-order valence-electron chi connectivity index (χ4n) is 2.29. The Kier molecular flexibility index (Phi) is 2.69. The fraction of sp³-hybridized carbons (Fsp3) is 0.500. The summed E-state index contributed by atoms with van der Waals surface area (Å²) in [6, 6.07) is 9.53. The lowest BCUT2D eigenvalue weighted by Crippen LogP contribution is -2.31. The molecule has 0 bridgehead atoms. The van der Waals surface area contributed by atoms with Crippen molar-refractivity contribution in [3.8, 4) is 0 Å². The first-order chi connectivity index (χ1) is 8.19. The Hall–Kier alpha value is -0.910. The Morgan fingerprint density at radius 3 is 2.41 bits per heavy atom. The summed E-state index contributed by atoms with van der Waals surface area (Å²) >= 11 is 0. The van der Waals surface area contributed by atoms with Crippen molar-refractivity contribution in [2.75, 3.05) is 13.1 Å². The Balaban J connectivity index is 1.76. The Morgan fingerprint density at radius 2 is 1.76 bits per heavy atom. The van der Waals surface area contributed by atoms with E-state index >= 15 is 0 Å². The third-order valence-corrected chi connectivity index (χ3v) is 5.33. The van der Waals surface area contributed by atoms with Crippen molar-refractivity contribution in [1.29, 1.82) is 0 Å². The van der Waals surface area contributed by atoms with Gasteiger partial charge in [0.2, 0.25) is 15.5 Å². The number of hydrogen-bond donors (Lipinski definition) is 0. The summed E-state index contributed by atoms with van der Waals surface area (Å²) in [5.74, 6) is 0. The van der Waals surface area contributed by atoms with Crippen LogP contribution in [0.4, 0.5) is 0 Å². The fourth-order valence-corrected chi connectivity index (χ4v) is 4.08. The second-order valence-electron chi connectivity index (χ2n) is 4.49. The predicted molar refractivity (Wildman–Crippen MR) is 63.8 cm³/mol. The van der Waals surface area contributed by atoms with Gasteiger partial charge >= 0.3 is 0 Å². The first kappa shape index (κ1) is 11.2. The number of sulfonamides is 1. The van der Waals surface area contributed by atoms with Gasteiger partial charge in [0.1, 0.15) is 6.10 Å². The number of epoxide rings is 1. The molecule has 0 aromatic heterocycles. The molecule has 0 aliphatic carbocycles. The third kappa shape index (κ3) is 1.99. The zero-order valence-corrected chi connectivity index (χ0v) is 10.3. The average molecular weight is 253 g/mol. The zero-order valence-electron chi connectivity index (χ0n) is 9.45. The van der Waals surface area contributed by atoms with Crippen LogP contribution in [0.15, 0.2) is 30.3 Å². The van der Waals surface area contributed by atoms with Crippen LogP contribution in [0, 0.1) is 0 Å². The minimum atomic E-state index is -3.25. The second kappa shape index (κ2) is 4.08. The van der Waals surface area contributed by atoms with E-state index in [1.54, 1.807) is 4.31 Å². The molecule has 0 N–H and O–H groups in total. The van der Waals surface area contributed by atoms with Gasteiger partial charge < -0.3 is 4.74 Å². The lowest BCUT2D eigenvalue weighted by Gasteiger charge is -2.13. The van der Waals surface area contributed by atoms with Crippen molar-refractivity contribution in [3.05, 3.63) is 35.9 Å². The van der Waals surface area contributed by atoms with Crippen molar-refractivity contribution in [2.24, 2.45) is 0 Å². The molecule has 1 aromatic carbocycles. The number of nitrogens with zero attached hydrogens (tertiary/aromatic N) is 1. The van der Waals surface area contributed by atoms with Crippen LogP contribution in [0.2, 0.25) is 0 Å². The van der Waals surface area contributed by atoms with Crippen LogP contribution in [-0.4, -0.2) is 31.2 Å². The van der Waals surface area contributed by atoms with E-state index in [1.807, 2.05) is 30.3 Å². The maximum Gasteiger partial charge on any atom is 0.244 e. The monoisotopic (exact) mass is 253 g/mol. The molecule has 2 saturated heterocycles. The summed E-state index contributed by atoms with van der Waals surface area (Å²) in [5.41, 5.74) is 0.281. The molecule has 92 valence electrons. The quantitative estimate of drug-likeness (QED) is 0.767. The van der Waals surface area contributed by atoms with Crippen molar-refractivity contribution in [3.63, 3.8) is 0 Å². The zero-order chi connectivity index (χ0) is 11.9. The SMILES string of the molecule is O=S(=O)([C@@H]1O[C@H]1c1ccccc1)N1CCCC1. The molecule has 17 heavy (non-hydrogen) atoms. The molecule has 0 amide bonds. The van der Waals surface area contributed by atoms with Gasteiger partial charge in [0.25, 0.3) is 0 Å². The Morgan fingerprint density at radius 1 is 1.12 bits per heavy atom. The highest BCUT2D eigenvalue weighted by molar-refractivity contribution is 7.89. The number of hydrogen-bond acceptors (Lipinski definition) is 3. The van der Waals surface area contributed by atoms with Gasteiger partial charge in [-0.1, -0.05) is 30.3 Å². The molecule has 2 aliphatic heterocycles. The molecule has 4 nitrogen and oxygen atoms in total. The second-order valence-corrected chi connectivity index (χ2v) is 6.50. The van der Waals surface area contributed by atoms with Crippen molar-refractivity contribution >= 4 is 10.0 Å². The van der Waals surface area contributed by atoms with E-state index in [9.17, 15) is 8.42 Å². The van der Waals surface area contributed by atoms with Gasteiger partial charge in [0, 0.05) is 13.1 Å². The van der Waals surface area contributed by atoms with Gasteiger partial charge in [-0.05, 0) is 18.4 Å². The van der Waals surface area contributed by atoms with Gasteiger partial charge in [0.15, 0.2) is 0 Å². The van der Waals surface area contributed by atoms with Crippen LogP contribution in [-0.2, 0) is 14.8 Å². The minimum Gasteiger partial charge on any atom is -0.346 e. The van der Waals surface area contributed by atoms with Crippen LogP contribution >= 0.6 is 0 Å². The van der Waals surface area contributed by atoms with Gasteiger partial charge in [-0.25, -0.2) is 8.42 Å². The summed E-state index contributed by atoms with van der Waals surface area (Å²) in [7, 11) is -3.25. The van der Waals surface area contributed by atoms with Crippen molar-refractivity contribution in [2.45, 2.75) is 24.4 Å². The molecule has 0 saturated carbocycles. The molecule has 2 fully saturated rings. The molecule has 0 unspecified atom stereocenters. The molecular formula is C12H15NO3S. The highest BCUT2D eigenvalue weighted by atomic mass is 32.2. The molecule has 5 heteroatoms.